The summed E-state index contributed by atoms with van der Waals surface area (Å²) in [5, 5.41) is 2.65. The van der Waals surface area contributed by atoms with Crippen LogP contribution < -0.4 is 5.32 Å². The van der Waals surface area contributed by atoms with Crippen molar-refractivity contribution in [1.29, 1.82) is 0 Å². The van der Waals surface area contributed by atoms with Gasteiger partial charge < -0.3 is 14.8 Å². The number of carbonyl (C=O) groups is 2. The molecule has 0 radical (unpaired) electrons. The number of rotatable bonds is 4. The van der Waals surface area contributed by atoms with Crippen LogP contribution in [0.1, 0.15) is 15.9 Å². The first-order valence-corrected chi connectivity index (χ1v) is 6.87. The number of nitrogens with zero attached hydrogens (tertiary/aromatic N) is 1. The van der Waals surface area contributed by atoms with Crippen molar-refractivity contribution in [3.63, 3.8) is 0 Å². The Morgan fingerprint density at radius 2 is 2.19 bits per heavy atom. The van der Waals surface area contributed by atoms with Crippen molar-refractivity contribution >= 4 is 11.9 Å². The van der Waals surface area contributed by atoms with E-state index in [1.54, 1.807) is 19.2 Å². The van der Waals surface area contributed by atoms with Gasteiger partial charge in [-0.1, -0.05) is 18.2 Å². The largest absolute Gasteiger partial charge is 0.465 e. The quantitative estimate of drug-likeness (QED) is 0.815. The summed E-state index contributed by atoms with van der Waals surface area (Å²) >= 11 is 0. The maximum atomic E-state index is 11.9. The van der Waals surface area contributed by atoms with Crippen molar-refractivity contribution in [2.24, 2.45) is 0 Å². The maximum absolute atomic E-state index is 11.9. The van der Waals surface area contributed by atoms with Gasteiger partial charge in [0.05, 0.1) is 25.9 Å². The Labute approximate surface area is 124 Å². The van der Waals surface area contributed by atoms with Gasteiger partial charge in [0.15, 0.2) is 0 Å². The fourth-order valence-corrected chi connectivity index (χ4v) is 2.42. The first kappa shape index (κ1) is 15.5. The summed E-state index contributed by atoms with van der Waals surface area (Å²) < 4.78 is 10.2. The normalized spacial score (nSPS) is 19.0. The molecule has 1 aliphatic rings. The molecule has 1 saturated heterocycles. The number of nitrogens with one attached hydrogen (secondary N) is 1. The summed E-state index contributed by atoms with van der Waals surface area (Å²) in [6, 6.07) is 6.94. The molecule has 0 bridgehead atoms. The molecule has 0 aromatic heterocycles. The molecule has 1 N–H and O–H groups in total. The fourth-order valence-electron chi connectivity index (χ4n) is 2.42. The standard InChI is InChI=1S/C15H20N2O4/c1-16-14(18)13-10-21-8-7-17(13)9-11-5-3-4-6-12(11)15(19)20-2/h3-6,13H,7-10H2,1-2H3,(H,16,18). The minimum Gasteiger partial charge on any atom is -0.465 e. The summed E-state index contributed by atoms with van der Waals surface area (Å²) in [5.41, 5.74) is 1.38. The molecular formula is C15H20N2O4. The monoisotopic (exact) mass is 292 g/mol. The third kappa shape index (κ3) is 3.59. The van der Waals surface area contributed by atoms with Crippen LogP contribution in [0.2, 0.25) is 0 Å². The van der Waals surface area contributed by atoms with E-state index in [1.807, 2.05) is 17.0 Å². The molecular weight excluding hydrogens is 272 g/mol. The van der Waals surface area contributed by atoms with E-state index in [-0.39, 0.29) is 17.9 Å². The second-order valence-electron chi connectivity index (χ2n) is 4.82. The second-order valence-corrected chi connectivity index (χ2v) is 4.82. The maximum Gasteiger partial charge on any atom is 0.338 e. The second kappa shape index (κ2) is 7.19. The van der Waals surface area contributed by atoms with Crippen molar-refractivity contribution in [2.45, 2.75) is 12.6 Å². The highest BCUT2D eigenvalue weighted by Gasteiger charge is 2.29. The van der Waals surface area contributed by atoms with E-state index < -0.39 is 0 Å². The molecule has 21 heavy (non-hydrogen) atoms. The molecule has 1 unspecified atom stereocenters. The van der Waals surface area contributed by atoms with Crippen LogP contribution in [-0.4, -0.2) is 56.7 Å². The minimum atomic E-state index is -0.365. The molecule has 6 heteroatoms. The highest BCUT2D eigenvalue weighted by molar-refractivity contribution is 5.91. The van der Waals surface area contributed by atoms with Crippen LogP contribution in [0.3, 0.4) is 0 Å². The number of benzene rings is 1. The Balaban J connectivity index is 2.19. The van der Waals surface area contributed by atoms with Crippen LogP contribution in [0.4, 0.5) is 0 Å². The summed E-state index contributed by atoms with van der Waals surface area (Å²) in [4.78, 5) is 25.7. The lowest BCUT2D eigenvalue weighted by molar-refractivity contribution is -0.132. The summed E-state index contributed by atoms with van der Waals surface area (Å²) in [6.07, 6.45) is 0. The zero-order valence-corrected chi connectivity index (χ0v) is 12.3. The van der Waals surface area contributed by atoms with Crippen molar-refractivity contribution in [3.05, 3.63) is 35.4 Å². The lowest BCUT2D eigenvalue weighted by Crippen LogP contribution is -2.52. The van der Waals surface area contributed by atoms with E-state index in [2.05, 4.69) is 5.32 Å². The zero-order valence-electron chi connectivity index (χ0n) is 12.3. The van der Waals surface area contributed by atoms with Gasteiger partial charge in [0.2, 0.25) is 5.91 Å². The van der Waals surface area contributed by atoms with E-state index in [9.17, 15) is 9.59 Å². The van der Waals surface area contributed by atoms with Crippen LogP contribution in [0, 0.1) is 0 Å². The van der Waals surface area contributed by atoms with E-state index in [0.29, 0.717) is 31.9 Å². The predicted molar refractivity (Wildman–Crippen MR) is 76.9 cm³/mol. The van der Waals surface area contributed by atoms with Gasteiger partial charge in [-0.3, -0.25) is 9.69 Å². The van der Waals surface area contributed by atoms with Crippen molar-refractivity contribution < 1.29 is 19.1 Å². The molecule has 1 fully saturated rings. The Kier molecular flexibility index (Phi) is 5.30. The molecule has 0 spiro atoms. The van der Waals surface area contributed by atoms with Crippen molar-refractivity contribution in [2.75, 3.05) is 33.9 Å². The number of esters is 1. The van der Waals surface area contributed by atoms with Gasteiger partial charge in [0, 0.05) is 20.1 Å². The van der Waals surface area contributed by atoms with Gasteiger partial charge in [-0.2, -0.15) is 0 Å². The predicted octanol–water partition coefficient (Wildman–Crippen LogP) is 0.420. The topological polar surface area (TPSA) is 67.9 Å². The van der Waals surface area contributed by atoms with E-state index in [4.69, 9.17) is 9.47 Å². The highest BCUT2D eigenvalue weighted by atomic mass is 16.5. The Morgan fingerprint density at radius 3 is 2.90 bits per heavy atom. The Morgan fingerprint density at radius 1 is 1.43 bits per heavy atom. The molecule has 6 nitrogen and oxygen atoms in total. The van der Waals surface area contributed by atoms with Crippen LogP contribution in [-0.2, 0) is 20.8 Å². The number of likely N-dealkylation sites (N-methyl/N-ethyl adjacent to an activating group) is 1. The molecule has 1 heterocycles. The molecule has 2 rings (SSSR count). The number of hydrogen-bond donors (Lipinski definition) is 1. The SMILES string of the molecule is CNC(=O)C1COCCN1Cc1ccccc1C(=O)OC. The van der Waals surface area contributed by atoms with Gasteiger partial charge in [0.1, 0.15) is 6.04 Å². The molecule has 0 saturated carbocycles. The Bertz CT molecular complexity index is 518. The molecule has 0 aliphatic carbocycles. The zero-order chi connectivity index (χ0) is 15.2. The van der Waals surface area contributed by atoms with Crippen molar-refractivity contribution in [1.82, 2.24) is 10.2 Å². The third-order valence-electron chi connectivity index (χ3n) is 3.58. The minimum absolute atomic E-state index is 0.0785. The number of amides is 1. The van der Waals surface area contributed by atoms with Crippen molar-refractivity contribution in [3.8, 4) is 0 Å². The third-order valence-corrected chi connectivity index (χ3v) is 3.58. The summed E-state index contributed by atoms with van der Waals surface area (Å²) in [6.45, 7) is 2.09. The molecule has 1 amide bonds. The Hall–Kier alpha value is -1.92. The van der Waals surface area contributed by atoms with E-state index >= 15 is 0 Å². The van der Waals surface area contributed by atoms with E-state index in [1.165, 1.54) is 7.11 Å². The van der Waals surface area contributed by atoms with Crippen LogP contribution in [0.25, 0.3) is 0 Å². The number of methoxy groups -OCH3 is 1. The molecule has 1 aromatic carbocycles. The number of morpholine rings is 1. The van der Waals surface area contributed by atoms with Gasteiger partial charge >= 0.3 is 5.97 Å². The smallest absolute Gasteiger partial charge is 0.338 e. The molecule has 1 aliphatic heterocycles. The van der Waals surface area contributed by atoms with Crippen LogP contribution in [0.5, 0.6) is 0 Å². The number of ether oxygens (including phenoxy) is 2. The fraction of sp³-hybridized carbons (Fsp3) is 0.467. The first-order chi connectivity index (χ1) is 10.2. The number of hydrogen-bond acceptors (Lipinski definition) is 5. The van der Waals surface area contributed by atoms with Crippen LogP contribution in [0.15, 0.2) is 24.3 Å². The number of carbonyl (C=O) groups excluding carboxylic acids is 2. The molecule has 1 atom stereocenters. The molecule has 1 aromatic rings. The van der Waals surface area contributed by atoms with Gasteiger partial charge in [-0.05, 0) is 11.6 Å². The first-order valence-electron chi connectivity index (χ1n) is 6.87. The van der Waals surface area contributed by atoms with Gasteiger partial charge in [-0.15, -0.1) is 0 Å². The van der Waals surface area contributed by atoms with Gasteiger partial charge in [-0.25, -0.2) is 4.79 Å². The lowest BCUT2D eigenvalue weighted by atomic mass is 10.1. The highest BCUT2D eigenvalue weighted by Crippen LogP contribution is 2.17. The average Bonchev–Trinajstić information content (AvgIpc) is 2.54. The summed E-state index contributed by atoms with van der Waals surface area (Å²) in [7, 11) is 2.97. The average molecular weight is 292 g/mol. The summed E-state index contributed by atoms with van der Waals surface area (Å²) in [5.74, 6) is -0.444. The van der Waals surface area contributed by atoms with Crippen LogP contribution >= 0.6 is 0 Å². The molecule has 114 valence electrons. The lowest BCUT2D eigenvalue weighted by Gasteiger charge is -2.34. The van der Waals surface area contributed by atoms with Gasteiger partial charge in [0.25, 0.3) is 0 Å². The van der Waals surface area contributed by atoms with E-state index in [0.717, 1.165) is 5.56 Å².